The van der Waals surface area contributed by atoms with Gasteiger partial charge in [-0.1, -0.05) is 34.0 Å². The molecule has 0 aliphatic carbocycles. The second kappa shape index (κ2) is 6.38. The maximum absolute atomic E-state index is 6.08. The lowest BCUT2D eigenvalue weighted by atomic mass is 9.95. The molecule has 4 heteroatoms. The zero-order chi connectivity index (χ0) is 13.1. The van der Waals surface area contributed by atoms with Crippen LogP contribution in [-0.2, 0) is 6.54 Å². The average molecular weight is 332 g/mol. The average Bonchev–Trinajstić information content (AvgIpc) is 2.36. The Bertz CT molecular complexity index is 411. The van der Waals surface area contributed by atoms with Crippen LogP contribution in [0.2, 0.25) is 5.02 Å². The number of hydrogen-bond donors (Lipinski definition) is 1. The van der Waals surface area contributed by atoms with Gasteiger partial charge in [0, 0.05) is 34.7 Å². The van der Waals surface area contributed by atoms with E-state index in [9.17, 15) is 0 Å². The van der Waals surface area contributed by atoms with Gasteiger partial charge in [0.25, 0.3) is 0 Å². The molecule has 18 heavy (non-hydrogen) atoms. The van der Waals surface area contributed by atoms with Crippen LogP contribution in [0.15, 0.2) is 22.7 Å². The Kier molecular flexibility index (Phi) is 5.07. The zero-order valence-electron chi connectivity index (χ0n) is 10.7. The van der Waals surface area contributed by atoms with Crippen LogP contribution in [0.3, 0.4) is 0 Å². The summed E-state index contributed by atoms with van der Waals surface area (Å²) in [6.45, 7) is 3.95. The Balaban J connectivity index is 2.17. The second-order valence-corrected chi connectivity index (χ2v) is 6.37. The molecule has 1 aromatic carbocycles. The normalized spacial score (nSPS) is 25.3. The van der Waals surface area contributed by atoms with Gasteiger partial charge in [-0.3, -0.25) is 4.90 Å². The number of benzene rings is 1. The summed E-state index contributed by atoms with van der Waals surface area (Å²) >= 11 is 9.68. The lowest BCUT2D eigenvalue weighted by Crippen LogP contribution is -2.48. The molecule has 100 valence electrons. The number of nitrogens with two attached hydrogens (primary N) is 1. The predicted octanol–water partition coefficient (Wildman–Crippen LogP) is 3.80. The molecule has 1 heterocycles. The molecule has 0 saturated carbocycles. The minimum absolute atomic E-state index is 0.500. The topological polar surface area (TPSA) is 29.3 Å². The van der Waals surface area contributed by atoms with Crippen LogP contribution in [0.4, 0.5) is 0 Å². The first-order valence-electron chi connectivity index (χ1n) is 6.51. The maximum Gasteiger partial charge on any atom is 0.0410 e. The first-order chi connectivity index (χ1) is 8.61. The molecule has 1 aromatic rings. The van der Waals surface area contributed by atoms with Crippen molar-refractivity contribution < 1.29 is 0 Å². The number of halogens is 2. The van der Waals surface area contributed by atoms with E-state index in [0.717, 1.165) is 22.6 Å². The van der Waals surface area contributed by atoms with Crippen molar-refractivity contribution in [2.24, 2.45) is 5.73 Å². The van der Waals surface area contributed by atoms with Gasteiger partial charge in [-0.15, -0.1) is 0 Å². The van der Waals surface area contributed by atoms with Gasteiger partial charge in [0.15, 0.2) is 0 Å². The summed E-state index contributed by atoms with van der Waals surface area (Å²) in [5, 5.41) is 0.794. The minimum atomic E-state index is 0.500. The summed E-state index contributed by atoms with van der Waals surface area (Å²) in [7, 11) is 0. The SMILES string of the molecule is CC1CCCC(CN)N1Cc1cc(Cl)ccc1Br. The summed E-state index contributed by atoms with van der Waals surface area (Å²) in [5.41, 5.74) is 7.14. The fraction of sp³-hybridized carbons (Fsp3) is 0.571. The van der Waals surface area contributed by atoms with Crippen molar-refractivity contribution in [1.82, 2.24) is 4.90 Å². The van der Waals surface area contributed by atoms with Crippen molar-refractivity contribution in [2.75, 3.05) is 6.54 Å². The first-order valence-corrected chi connectivity index (χ1v) is 7.68. The molecule has 1 fully saturated rings. The molecule has 2 rings (SSSR count). The molecule has 2 N–H and O–H groups in total. The summed E-state index contributed by atoms with van der Waals surface area (Å²) in [6.07, 6.45) is 3.75. The molecule has 2 nitrogen and oxygen atoms in total. The van der Waals surface area contributed by atoms with E-state index in [1.807, 2.05) is 18.2 Å². The van der Waals surface area contributed by atoms with Gasteiger partial charge < -0.3 is 5.73 Å². The monoisotopic (exact) mass is 330 g/mol. The van der Waals surface area contributed by atoms with E-state index in [1.165, 1.54) is 24.8 Å². The standard InChI is InChI=1S/C14H20BrClN2/c1-10-3-2-4-13(8-17)18(10)9-11-7-12(16)5-6-14(11)15/h5-7,10,13H,2-4,8-9,17H2,1H3. The van der Waals surface area contributed by atoms with E-state index >= 15 is 0 Å². The Morgan fingerprint density at radius 2 is 2.22 bits per heavy atom. The molecule has 0 radical (unpaired) electrons. The van der Waals surface area contributed by atoms with Crippen molar-refractivity contribution in [2.45, 2.75) is 44.8 Å². The third-order valence-electron chi connectivity index (χ3n) is 3.83. The Labute approximate surface area is 123 Å². The lowest BCUT2D eigenvalue weighted by molar-refractivity contribution is 0.0890. The molecular weight excluding hydrogens is 312 g/mol. The van der Waals surface area contributed by atoms with Crippen LogP contribution >= 0.6 is 27.5 Å². The van der Waals surface area contributed by atoms with Crippen LogP contribution < -0.4 is 5.73 Å². The number of piperidine rings is 1. The van der Waals surface area contributed by atoms with Crippen molar-refractivity contribution in [3.63, 3.8) is 0 Å². The Morgan fingerprint density at radius 1 is 1.44 bits per heavy atom. The summed E-state index contributed by atoms with van der Waals surface area (Å²) in [4.78, 5) is 2.51. The number of rotatable bonds is 3. The molecule has 2 unspecified atom stereocenters. The number of likely N-dealkylation sites (tertiary alicyclic amines) is 1. The van der Waals surface area contributed by atoms with Crippen LogP contribution in [0.5, 0.6) is 0 Å². The van der Waals surface area contributed by atoms with Crippen molar-refractivity contribution in [1.29, 1.82) is 0 Å². The summed E-state index contributed by atoms with van der Waals surface area (Å²) in [6, 6.07) is 7.07. The van der Waals surface area contributed by atoms with Crippen molar-refractivity contribution in [3.05, 3.63) is 33.3 Å². The van der Waals surface area contributed by atoms with Gasteiger partial charge in [-0.25, -0.2) is 0 Å². The Hall–Kier alpha value is -0.0900. The highest BCUT2D eigenvalue weighted by Crippen LogP contribution is 2.28. The largest absolute Gasteiger partial charge is 0.329 e. The lowest BCUT2D eigenvalue weighted by Gasteiger charge is -2.40. The van der Waals surface area contributed by atoms with E-state index in [2.05, 4.69) is 27.8 Å². The van der Waals surface area contributed by atoms with Gasteiger partial charge in [0.05, 0.1) is 0 Å². The van der Waals surface area contributed by atoms with Gasteiger partial charge in [-0.05, 0) is 43.5 Å². The maximum atomic E-state index is 6.08. The molecule has 1 aliphatic heterocycles. The van der Waals surface area contributed by atoms with Crippen molar-refractivity contribution in [3.8, 4) is 0 Å². The molecular formula is C14H20BrClN2. The third-order valence-corrected chi connectivity index (χ3v) is 4.84. The highest BCUT2D eigenvalue weighted by molar-refractivity contribution is 9.10. The third kappa shape index (κ3) is 3.27. The zero-order valence-corrected chi connectivity index (χ0v) is 13.0. The molecule has 1 aliphatic rings. The second-order valence-electron chi connectivity index (χ2n) is 5.08. The van der Waals surface area contributed by atoms with Gasteiger partial charge in [-0.2, -0.15) is 0 Å². The minimum Gasteiger partial charge on any atom is -0.329 e. The molecule has 0 aromatic heterocycles. The molecule has 0 amide bonds. The van der Waals surface area contributed by atoms with E-state index in [-0.39, 0.29) is 0 Å². The highest BCUT2D eigenvalue weighted by atomic mass is 79.9. The first kappa shape index (κ1) is 14.3. The van der Waals surface area contributed by atoms with E-state index in [4.69, 9.17) is 17.3 Å². The van der Waals surface area contributed by atoms with Gasteiger partial charge >= 0.3 is 0 Å². The predicted molar refractivity (Wildman–Crippen MR) is 80.9 cm³/mol. The highest BCUT2D eigenvalue weighted by Gasteiger charge is 2.27. The van der Waals surface area contributed by atoms with Gasteiger partial charge in [0.2, 0.25) is 0 Å². The Morgan fingerprint density at radius 3 is 2.94 bits per heavy atom. The van der Waals surface area contributed by atoms with Gasteiger partial charge in [0.1, 0.15) is 0 Å². The number of hydrogen-bond acceptors (Lipinski definition) is 2. The van der Waals surface area contributed by atoms with Crippen LogP contribution in [0.1, 0.15) is 31.7 Å². The summed E-state index contributed by atoms with van der Waals surface area (Å²) < 4.78 is 1.13. The fourth-order valence-electron chi connectivity index (χ4n) is 2.74. The van der Waals surface area contributed by atoms with E-state index in [1.54, 1.807) is 0 Å². The molecule has 0 spiro atoms. The smallest absolute Gasteiger partial charge is 0.0410 e. The summed E-state index contributed by atoms with van der Waals surface area (Å²) in [5.74, 6) is 0. The van der Waals surface area contributed by atoms with Crippen LogP contribution in [0, 0.1) is 0 Å². The molecule has 0 bridgehead atoms. The number of nitrogens with zero attached hydrogens (tertiary/aromatic N) is 1. The fourth-order valence-corrected chi connectivity index (χ4v) is 3.31. The quantitative estimate of drug-likeness (QED) is 0.912. The van der Waals surface area contributed by atoms with E-state index < -0.39 is 0 Å². The van der Waals surface area contributed by atoms with Crippen LogP contribution in [-0.4, -0.2) is 23.5 Å². The van der Waals surface area contributed by atoms with Crippen molar-refractivity contribution >= 4 is 27.5 Å². The molecule has 2 atom stereocenters. The van der Waals surface area contributed by atoms with E-state index in [0.29, 0.717) is 12.1 Å². The molecule has 1 saturated heterocycles. The van der Waals surface area contributed by atoms with Crippen LogP contribution in [0.25, 0.3) is 0 Å².